The Morgan fingerprint density at radius 3 is 2.86 bits per heavy atom. The molecular weight excluding hydrogens is 300 g/mol. The smallest absolute Gasteiger partial charge is 0.272 e. The number of hydrogen-bond donors (Lipinski definition) is 1. The predicted octanol–water partition coefficient (Wildman–Crippen LogP) is 3.02. The number of halogens is 1. The van der Waals surface area contributed by atoms with Gasteiger partial charge in [0, 0.05) is 11.1 Å². The lowest BCUT2D eigenvalue weighted by atomic mass is 10.1. The van der Waals surface area contributed by atoms with E-state index in [1.54, 1.807) is 6.33 Å². The van der Waals surface area contributed by atoms with Crippen LogP contribution in [0.5, 0.6) is 0 Å². The fourth-order valence-corrected chi connectivity index (χ4v) is 3.08. The third kappa shape index (κ3) is 2.01. The van der Waals surface area contributed by atoms with Crippen LogP contribution >= 0.6 is 12.4 Å². The number of aromatic nitrogens is 3. The SMILES string of the molecule is Cc1[nH]cnc1CN1Cn2c(cc3cccc(C)c32)C1=O.Cl. The molecule has 0 bridgehead atoms. The Morgan fingerprint density at radius 1 is 1.32 bits per heavy atom. The third-order valence-electron chi connectivity index (χ3n) is 4.22. The molecule has 0 spiro atoms. The molecule has 1 amide bonds. The van der Waals surface area contributed by atoms with Crippen molar-refractivity contribution in [2.24, 2.45) is 0 Å². The molecule has 1 aromatic carbocycles. The molecule has 1 aliphatic heterocycles. The molecule has 1 N–H and O–H groups in total. The van der Waals surface area contributed by atoms with Crippen molar-refractivity contribution in [3.8, 4) is 0 Å². The van der Waals surface area contributed by atoms with E-state index in [0.29, 0.717) is 13.2 Å². The number of para-hydroxylation sites is 1. The van der Waals surface area contributed by atoms with E-state index in [-0.39, 0.29) is 18.3 Å². The summed E-state index contributed by atoms with van der Waals surface area (Å²) in [4.78, 5) is 21.8. The molecule has 5 nitrogen and oxygen atoms in total. The van der Waals surface area contributed by atoms with Crippen LogP contribution in [0, 0.1) is 13.8 Å². The molecule has 0 radical (unpaired) electrons. The second kappa shape index (κ2) is 5.18. The Kier molecular flexibility index (Phi) is 3.45. The van der Waals surface area contributed by atoms with Gasteiger partial charge in [-0.2, -0.15) is 0 Å². The highest BCUT2D eigenvalue weighted by molar-refractivity contribution is 6.01. The second-order valence-electron chi connectivity index (χ2n) is 5.59. The van der Waals surface area contributed by atoms with E-state index < -0.39 is 0 Å². The molecule has 4 rings (SSSR count). The minimum atomic E-state index is 0. The van der Waals surface area contributed by atoms with Crippen molar-refractivity contribution in [1.82, 2.24) is 19.4 Å². The first kappa shape index (κ1) is 14.7. The van der Waals surface area contributed by atoms with Gasteiger partial charge >= 0.3 is 0 Å². The zero-order chi connectivity index (χ0) is 14.6. The number of aromatic amines is 1. The molecule has 0 fully saturated rings. The number of carbonyl (C=O) groups excluding carboxylic acids is 1. The number of H-pyrrole nitrogens is 1. The minimum absolute atomic E-state index is 0. The molecule has 0 saturated carbocycles. The number of carbonyl (C=O) groups is 1. The highest BCUT2D eigenvalue weighted by Crippen LogP contribution is 2.29. The minimum Gasteiger partial charge on any atom is -0.348 e. The van der Waals surface area contributed by atoms with Crippen molar-refractivity contribution in [3.05, 3.63) is 53.2 Å². The number of hydrogen-bond acceptors (Lipinski definition) is 2. The molecule has 0 saturated heterocycles. The van der Waals surface area contributed by atoms with Gasteiger partial charge < -0.3 is 14.5 Å². The van der Waals surface area contributed by atoms with Crippen LogP contribution in [-0.4, -0.2) is 25.3 Å². The normalized spacial score (nSPS) is 13.5. The summed E-state index contributed by atoms with van der Waals surface area (Å²) in [7, 11) is 0. The van der Waals surface area contributed by atoms with Crippen molar-refractivity contribution >= 4 is 29.2 Å². The predicted molar refractivity (Wildman–Crippen MR) is 87.1 cm³/mol. The second-order valence-corrected chi connectivity index (χ2v) is 5.59. The van der Waals surface area contributed by atoms with Crippen molar-refractivity contribution in [1.29, 1.82) is 0 Å². The van der Waals surface area contributed by atoms with Crippen LogP contribution in [-0.2, 0) is 13.2 Å². The van der Waals surface area contributed by atoms with Gasteiger partial charge in [-0.3, -0.25) is 4.79 Å². The van der Waals surface area contributed by atoms with E-state index in [1.165, 1.54) is 5.56 Å². The molecule has 0 unspecified atom stereocenters. The summed E-state index contributed by atoms with van der Waals surface area (Å²) in [6, 6.07) is 8.16. The Balaban J connectivity index is 0.00000144. The number of aryl methyl sites for hydroxylation is 2. The number of nitrogens with one attached hydrogen (secondary N) is 1. The average Bonchev–Trinajstić information content (AvgIpc) is 3.10. The first-order valence-corrected chi connectivity index (χ1v) is 7.02. The summed E-state index contributed by atoms with van der Waals surface area (Å²) in [5, 5.41) is 1.13. The van der Waals surface area contributed by atoms with E-state index in [9.17, 15) is 4.79 Å². The van der Waals surface area contributed by atoms with Crippen LogP contribution in [0.3, 0.4) is 0 Å². The molecular formula is C16H17ClN4O. The molecule has 0 aliphatic carbocycles. The van der Waals surface area contributed by atoms with Gasteiger partial charge in [0.05, 0.1) is 30.8 Å². The fourth-order valence-electron chi connectivity index (χ4n) is 3.08. The number of fused-ring (bicyclic) bond motifs is 3. The van der Waals surface area contributed by atoms with Crippen LogP contribution in [0.25, 0.3) is 10.9 Å². The fraction of sp³-hybridized carbons (Fsp3) is 0.250. The molecule has 114 valence electrons. The van der Waals surface area contributed by atoms with Gasteiger partial charge in [-0.1, -0.05) is 18.2 Å². The van der Waals surface area contributed by atoms with Gasteiger partial charge in [-0.15, -0.1) is 12.4 Å². The van der Waals surface area contributed by atoms with Gasteiger partial charge in [-0.05, 0) is 25.5 Å². The van der Waals surface area contributed by atoms with E-state index in [4.69, 9.17) is 0 Å². The Bertz CT molecular complexity index is 864. The summed E-state index contributed by atoms with van der Waals surface area (Å²) < 4.78 is 2.11. The lowest BCUT2D eigenvalue weighted by molar-refractivity contribution is 0.0755. The molecule has 3 aromatic rings. The van der Waals surface area contributed by atoms with E-state index >= 15 is 0 Å². The van der Waals surface area contributed by atoms with Crippen molar-refractivity contribution < 1.29 is 4.79 Å². The number of benzene rings is 1. The van der Waals surface area contributed by atoms with Crippen molar-refractivity contribution in [3.63, 3.8) is 0 Å². The topological polar surface area (TPSA) is 53.9 Å². The number of nitrogens with zero attached hydrogens (tertiary/aromatic N) is 3. The van der Waals surface area contributed by atoms with Crippen LogP contribution in [0.2, 0.25) is 0 Å². The van der Waals surface area contributed by atoms with Crippen LogP contribution < -0.4 is 0 Å². The zero-order valence-corrected chi connectivity index (χ0v) is 13.3. The highest BCUT2D eigenvalue weighted by atomic mass is 35.5. The highest BCUT2D eigenvalue weighted by Gasteiger charge is 2.30. The van der Waals surface area contributed by atoms with Gasteiger partial charge in [-0.25, -0.2) is 4.98 Å². The maximum absolute atomic E-state index is 12.6. The molecule has 1 aliphatic rings. The van der Waals surface area contributed by atoms with Gasteiger partial charge in [0.2, 0.25) is 0 Å². The molecule has 2 aromatic heterocycles. The Hall–Kier alpha value is -2.27. The standard InChI is InChI=1S/C16H16N4O.ClH/c1-10-4-3-5-12-6-14-16(21)19(9-20(14)15(10)12)7-13-11(2)17-8-18-13;/h3-6,8H,7,9H2,1-2H3,(H,17,18);1H. The summed E-state index contributed by atoms with van der Waals surface area (Å²) in [5.74, 6) is 0.0769. The number of rotatable bonds is 2. The molecule has 22 heavy (non-hydrogen) atoms. The summed E-state index contributed by atoms with van der Waals surface area (Å²) in [6.45, 7) is 5.20. The first-order valence-electron chi connectivity index (χ1n) is 7.02. The van der Waals surface area contributed by atoms with E-state index in [0.717, 1.165) is 28.0 Å². The zero-order valence-electron chi connectivity index (χ0n) is 12.5. The van der Waals surface area contributed by atoms with E-state index in [2.05, 4.69) is 33.6 Å². The Morgan fingerprint density at radius 2 is 2.14 bits per heavy atom. The van der Waals surface area contributed by atoms with Gasteiger partial charge in [0.1, 0.15) is 5.69 Å². The molecule has 0 atom stereocenters. The monoisotopic (exact) mass is 316 g/mol. The largest absolute Gasteiger partial charge is 0.348 e. The van der Waals surface area contributed by atoms with Crippen LogP contribution in [0.4, 0.5) is 0 Å². The summed E-state index contributed by atoms with van der Waals surface area (Å²) in [5.41, 5.74) is 5.06. The lowest BCUT2D eigenvalue weighted by Crippen LogP contribution is -2.24. The third-order valence-corrected chi connectivity index (χ3v) is 4.22. The molecule has 3 heterocycles. The van der Waals surface area contributed by atoms with Crippen LogP contribution in [0.1, 0.15) is 27.4 Å². The van der Waals surface area contributed by atoms with E-state index in [1.807, 2.05) is 24.0 Å². The summed E-state index contributed by atoms with van der Waals surface area (Å²) >= 11 is 0. The maximum Gasteiger partial charge on any atom is 0.272 e. The van der Waals surface area contributed by atoms with Gasteiger partial charge in [0.25, 0.3) is 5.91 Å². The lowest BCUT2D eigenvalue weighted by Gasteiger charge is -2.15. The quantitative estimate of drug-likeness (QED) is 0.790. The van der Waals surface area contributed by atoms with Crippen LogP contribution in [0.15, 0.2) is 30.6 Å². The maximum atomic E-state index is 12.6. The number of amides is 1. The average molecular weight is 317 g/mol. The summed E-state index contributed by atoms with van der Waals surface area (Å²) in [6.07, 6.45) is 1.67. The first-order chi connectivity index (χ1) is 10.1. The molecule has 6 heteroatoms. The van der Waals surface area contributed by atoms with Gasteiger partial charge in [0.15, 0.2) is 0 Å². The Labute approximate surface area is 134 Å². The number of imidazole rings is 1. The van der Waals surface area contributed by atoms with Crippen molar-refractivity contribution in [2.45, 2.75) is 27.1 Å². The van der Waals surface area contributed by atoms with Crippen molar-refractivity contribution in [2.75, 3.05) is 0 Å².